The van der Waals surface area contributed by atoms with Crippen molar-refractivity contribution in [2.75, 3.05) is 59.8 Å². The van der Waals surface area contributed by atoms with Crippen molar-refractivity contribution >= 4 is 21.5 Å². The summed E-state index contributed by atoms with van der Waals surface area (Å²) in [7, 11) is -4.95. The van der Waals surface area contributed by atoms with Crippen LogP contribution in [-0.2, 0) is 32.0 Å². The van der Waals surface area contributed by atoms with Crippen molar-refractivity contribution < 1.29 is 86.0 Å². The van der Waals surface area contributed by atoms with Crippen LogP contribution in [0.1, 0.15) is 6.23 Å². The summed E-state index contributed by atoms with van der Waals surface area (Å²) in [5, 5.41) is 20.2. The molecule has 1 aliphatic heterocycles. The largest absolute Gasteiger partial charge is 1.00 e. The Bertz CT molecular complexity index is 977. The van der Waals surface area contributed by atoms with E-state index in [0.29, 0.717) is 17.6 Å². The van der Waals surface area contributed by atoms with Crippen molar-refractivity contribution in [3.63, 3.8) is 0 Å². The van der Waals surface area contributed by atoms with Crippen molar-refractivity contribution in [1.29, 1.82) is 0 Å². The minimum absolute atomic E-state index is 0. The molecule has 0 saturated carbocycles. The molecule has 1 fully saturated rings. The van der Waals surface area contributed by atoms with Gasteiger partial charge in [0, 0.05) is 6.20 Å². The zero-order chi connectivity index (χ0) is 25.7. The maximum Gasteiger partial charge on any atom is 1.00 e. The molecule has 196 valence electrons. The van der Waals surface area contributed by atoms with Gasteiger partial charge in [-0.3, -0.25) is 13.7 Å². The summed E-state index contributed by atoms with van der Waals surface area (Å²) in [4.78, 5) is 39.0. The molecule has 35 heavy (non-hydrogen) atoms. The topological polar surface area (TPSA) is 228 Å². The number of nitrogens with two attached hydrogens (primary N) is 1. The number of anilines is 1. The minimum Gasteiger partial charge on any atom is -0.756 e. The number of aromatic nitrogens is 2. The predicted molar refractivity (Wildman–Crippen MR) is 111 cm³/mol. The Hall–Kier alpha value is -0.260. The molecule has 6 atom stereocenters. The summed E-state index contributed by atoms with van der Waals surface area (Å²) < 4.78 is 48.4. The molecule has 19 heteroatoms. The fourth-order valence-corrected chi connectivity index (χ4v) is 4.68. The maximum absolute atomic E-state index is 11.9. The standard InChI is InChI=1S/C16H30N4O12P2.Na/c1-20(2,3)6-7-28-8-9-29-33(24,25)32-34(26,27)30-10-11-13(21)14(22)15(31-11)19-5-4-12(17)18-16(19)23;/h4-5,11,13-15,21-22H,6-10H2,1-3H3,(H3-,17,18,23,24,25,26,27);/q;+1/p-1/t11-,13-,14-,15-;/m1./s1. The van der Waals surface area contributed by atoms with Crippen LogP contribution in [0.2, 0.25) is 0 Å². The molecule has 0 amide bonds. The van der Waals surface area contributed by atoms with E-state index < -0.39 is 59.1 Å². The average molecular weight is 554 g/mol. The van der Waals surface area contributed by atoms with Crippen molar-refractivity contribution in [3.8, 4) is 0 Å². The molecule has 0 aromatic carbocycles. The van der Waals surface area contributed by atoms with Gasteiger partial charge in [-0.05, 0) is 6.07 Å². The van der Waals surface area contributed by atoms with Gasteiger partial charge in [0.1, 0.15) is 30.7 Å². The SMILES string of the molecule is C[N+](C)(C)CCOCCOP(=O)([O-])OP(=O)([O-])OC[C@H]1O[C@@H](n2ccc(N)nc2=O)[C@H](O)[C@@H]1O.[Na+]. The number of phosphoric acid groups is 2. The van der Waals surface area contributed by atoms with Crippen LogP contribution in [0.4, 0.5) is 5.82 Å². The number of ether oxygens (including phenoxy) is 2. The molecule has 1 aromatic rings. The van der Waals surface area contributed by atoms with Crippen LogP contribution in [0.5, 0.6) is 0 Å². The number of quaternary nitrogens is 1. The van der Waals surface area contributed by atoms with E-state index >= 15 is 0 Å². The van der Waals surface area contributed by atoms with E-state index in [4.69, 9.17) is 15.2 Å². The predicted octanol–water partition coefficient (Wildman–Crippen LogP) is -5.84. The van der Waals surface area contributed by atoms with Crippen LogP contribution < -0.4 is 50.8 Å². The Morgan fingerprint density at radius 2 is 1.77 bits per heavy atom. The fourth-order valence-electron chi connectivity index (χ4n) is 2.70. The van der Waals surface area contributed by atoms with Gasteiger partial charge in [0.2, 0.25) is 0 Å². The van der Waals surface area contributed by atoms with Crippen molar-refractivity contribution in [2.24, 2.45) is 0 Å². The van der Waals surface area contributed by atoms with Crippen LogP contribution in [0, 0.1) is 0 Å². The molecule has 0 spiro atoms. The third-order valence-electron chi connectivity index (χ3n) is 4.44. The fraction of sp³-hybridized carbons (Fsp3) is 0.750. The molecule has 16 nitrogen and oxygen atoms in total. The summed E-state index contributed by atoms with van der Waals surface area (Å²) in [6.07, 6.45) is -5.07. The second-order valence-corrected chi connectivity index (χ2v) is 11.3. The van der Waals surface area contributed by atoms with Gasteiger partial charge in [0.05, 0.1) is 47.6 Å². The molecule has 1 aromatic heterocycles. The molecular formula is C16H29N4NaO12P2. The molecule has 0 aliphatic carbocycles. The molecule has 0 radical (unpaired) electrons. The first-order chi connectivity index (χ1) is 15.6. The molecule has 1 aliphatic rings. The Morgan fingerprint density at radius 3 is 2.37 bits per heavy atom. The number of aliphatic hydroxyl groups excluding tert-OH is 2. The van der Waals surface area contributed by atoms with Crippen molar-refractivity contribution in [2.45, 2.75) is 24.5 Å². The third kappa shape index (κ3) is 10.9. The van der Waals surface area contributed by atoms with Crippen LogP contribution >= 0.6 is 15.6 Å². The van der Waals surface area contributed by atoms with E-state index in [2.05, 4.69) is 18.3 Å². The average Bonchev–Trinajstić information content (AvgIpc) is 2.96. The van der Waals surface area contributed by atoms with E-state index in [-0.39, 0.29) is 42.0 Å². The van der Waals surface area contributed by atoms with Gasteiger partial charge in [-0.2, -0.15) is 4.98 Å². The van der Waals surface area contributed by atoms with Gasteiger partial charge in [0.25, 0.3) is 15.6 Å². The monoisotopic (exact) mass is 554 g/mol. The normalized spacial score (nSPS) is 26.0. The number of nitrogen functional groups attached to an aromatic ring is 1. The van der Waals surface area contributed by atoms with Crippen LogP contribution in [0.15, 0.2) is 17.1 Å². The Balaban J connectivity index is 0.00000612. The Kier molecular flexibility index (Phi) is 12.6. The number of aliphatic hydroxyl groups is 2. The molecule has 1 saturated heterocycles. The van der Waals surface area contributed by atoms with Crippen molar-refractivity contribution in [3.05, 3.63) is 22.7 Å². The number of nitrogens with zero attached hydrogens (tertiary/aromatic N) is 3. The quantitative estimate of drug-likeness (QED) is 0.0893. The molecule has 2 rings (SSSR count). The van der Waals surface area contributed by atoms with Crippen molar-refractivity contribution in [1.82, 2.24) is 9.55 Å². The second-order valence-electron chi connectivity index (χ2n) is 8.32. The Labute approximate surface area is 223 Å². The molecular weight excluding hydrogens is 525 g/mol. The number of hydrogen-bond acceptors (Lipinski definition) is 14. The van der Waals surface area contributed by atoms with Crippen LogP contribution in [0.3, 0.4) is 0 Å². The summed E-state index contributed by atoms with van der Waals surface area (Å²) in [5.74, 6) is -0.0846. The van der Waals surface area contributed by atoms with E-state index in [0.717, 1.165) is 10.8 Å². The van der Waals surface area contributed by atoms with E-state index in [1.165, 1.54) is 6.07 Å². The van der Waals surface area contributed by atoms with Gasteiger partial charge in [0.15, 0.2) is 6.23 Å². The number of likely N-dealkylation sites (N-methyl/N-ethyl adjacent to an activating group) is 1. The first kappa shape index (κ1) is 32.8. The van der Waals surface area contributed by atoms with Gasteiger partial charge >= 0.3 is 35.2 Å². The minimum atomic E-state index is -5.47. The smallest absolute Gasteiger partial charge is 0.756 e. The van der Waals surface area contributed by atoms with Crippen LogP contribution in [0.25, 0.3) is 0 Å². The zero-order valence-corrected chi connectivity index (χ0v) is 23.6. The summed E-state index contributed by atoms with van der Waals surface area (Å²) in [6, 6.07) is 1.24. The van der Waals surface area contributed by atoms with E-state index in [9.17, 15) is 33.9 Å². The number of rotatable bonds is 13. The van der Waals surface area contributed by atoms with E-state index in [1.807, 2.05) is 21.1 Å². The van der Waals surface area contributed by atoms with Gasteiger partial charge in [-0.1, -0.05) is 0 Å². The van der Waals surface area contributed by atoms with Crippen LogP contribution in [-0.4, -0.2) is 96.7 Å². The van der Waals surface area contributed by atoms with Gasteiger partial charge in [-0.15, -0.1) is 0 Å². The Morgan fingerprint density at radius 1 is 1.14 bits per heavy atom. The second kappa shape index (κ2) is 13.5. The summed E-state index contributed by atoms with van der Waals surface area (Å²) >= 11 is 0. The zero-order valence-electron chi connectivity index (χ0n) is 19.8. The first-order valence-electron chi connectivity index (χ1n) is 9.97. The summed E-state index contributed by atoms with van der Waals surface area (Å²) in [6.45, 7) is -0.555. The third-order valence-corrected chi connectivity index (χ3v) is 7.01. The molecule has 2 unspecified atom stereocenters. The van der Waals surface area contributed by atoms with Gasteiger partial charge in [-0.25, -0.2) is 9.11 Å². The first-order valence-corrected chi connectivity index (χ1v) is 12.9. The molecule has 2 heterocycles. The number of hydrogen-bond donors (Lipinski definition) is 3. The molecule has 0 bridgehead atoms. The number of phosphoric ester groups is 2. The molecule has 4 N–H and O–H groups in total. The van der Waals surface area contributed by atoms with Gasteiger partial charge < -0.3 is 48.7 Å². The maximum atomic E-state index is 11.9. The van der Waals surface area contributed by atoms with E-state index in [1.54, 1.807) is 0 Å². The summed E-state index contributed by atoms with van der Waals surface area (Å²) in [5.41, 5.74) is 4.50.